The van der Waals surface area contributed by atoms with Crippen LogP contribution in [0.4, 0.5) is 20.3 Å². The number of carbonyl (C=O) groups is 3. The number of benzene rings is 2. The maximum Gasteiger partial charge on any atom is 0.310 e. The second kappa shape index (κ2) is 8.04. The number of aromatic nitrogens is 2. The molecule has 3 N–H and O–H groups in total. The fourth-order valence-electron chi connectivity index (χ4n) is 6.10. The first-order chi connectivity index (χ1) is 17.5. The Morgan fingerprint density at radius 1 is 1.19 bits per heavy atom. The monoisotopic (exact) mass is 547 g/mol. The highest BCUT2D eigenvalue weighted by Gasteiger charge is 2.74. The third-order valence-electron chi connectivity index (χ3n) is 7.39. The molecule has 3 aliphatic heterocycles. The van der Waals surface area contributed by atoms with Crippen LogP contribution in [-0.2, 0) is 19.9 Å². The molecule has 6 rings (SSSR count). The summed E-state index contributed by atoms with van der Waals surface area (Å²) in [5.74, 6) is -9.64. The van der Waals surface area contributed by atoms with E-state index in [1.54, 1.807) is 24.3 Å². The van der Waals surface area contributed by atoms with Crippen LogP contribution < -0.4 is 10.6 Å². The number of aliphatic carboxylic acids is 1. The van der Waals surface area contributed by atoms with Crippen molar-refractivity contribution in [2.75, 3.05) is 17.2 Å². The molecule has 4 atom stereocenters. The molecule has 13 heteroatoms. The second-order valence-corrected chi connectivity index (χ2v) is 10.2. The fourth-order valence-corrected chi connectivity index (χ4v) is 6.64. The van der Waals surface area contributed by atoms with E-state index < -0.39 is 60.1 Å². The lowest BCUT2D eigenvalue weighted by Crippen LogP contribution is -2.54. The van der Waals surface area contributed by atoms with Crippen LogP contribution in [0.3, 0.4) is 0 Å². The third kappa shape index (κ3) is 3.34. The predicted molar refractivity (Wildman–Crippen MR) is 130 cm³/mol. The van der Waals surface area contributed by atoms with Gasteiger partial charge in [0.1, 0.15) is 23.6 Å². The summed E-state index contributed by atoms with van der Waals surface area (Å²) in [4.78, 5) is 49.5. The minimum atomic E-state index is -3.27. The minimum Gasteiger partial charge on any atom is -0.481 e. The lowest BCUT2D eigenvalue weighted by molar-refractivity contribution is -0.153. The summed E-state index contributed by atoms with van der Waals surface area (Å²) in [6.07, 6.45) is 0.418. The zero-order chi connectivity index (χ0) is 26.3. The lowest BCUT2D eigenvalue weighted by atomic mass is 9.73. The highest BCUT2D eigenvalue weighted by molar-refractivity contribution is 6.38. The van der Waals surface area contributed by atoms with Crippen LogP contribution >= 0.6 is 23.2 Å². The number of para-hydroxylation sites is 1. The standard InChI is InChI=1S/C24H17Cl2F2N5O4/c25-10-5-12-18(13(26)6-10)31-22(37)24(12)17(21(35)36)16(15-7-23(27,28)8-33(15)24)20(34)32-19-11-3-1-2-4-14(11)29-9-30-19/h1-6,9,15-17H,7-8H2,(H,31,37)(H,35,36)(H,29,30,32,34)/t15-,16+,17-,24+/m1/s1. The van der Waals surface area contributed by atoms with Gasteiger partial charge < -0.3 is 15.7 Å². The Hall–Kier alpha value is -3.41. The Morgan fingerprint density at radius 2 is 1.95 bits per heavy atom. The molecule has 0 bridgehead atoms. The first kappa shape index (κ1) is 24.0. The van der Waals surface area contributed by atoms with Gasteiger partial charge in [-0.1, -0.05) is 35.3 Å². The van der Waals surface area contributed by atoms with E-state index in [2.05, 4.69) is 20.6 Å². The number of rotatable bonds is 3. The number of carbonyl (C=O) groups excluding carboxylic acids is 2. The van der Waals surface area contributed by atoms with Gasteiger partial charge in [-0.3, -0.25) is 19.3 Å². The lowest BCUT2D eigenvalue weighted by Gasteiger charge is -2.35. The zero-order valence-corrected chi connectivity index (χ0v) is 20.2. The van der Waals surface area contributed by atoms with Crippen molar-refractivity contribution in [2.24, 2.45) is 11.8 Å². The molecule has 0 saturated carbocycles. The number of amides is 2. The van der Waals surface area contributed by atoms with E-state index in [0.717, 1.165) is 4.90 Å². The van der Waals surface area contributed by atoms with Crippen LogP contribution in [-0.4, -0.2) is 56.3 Å². The van der Waals surface area contributed by atoms with Gasteiger partial charge >= 0.3 is 5.97 Å². The molecule has 2 amide bonds. The summed E-state index contributed by atoms with van der Waals surface area (Å²) in [6.45, 7) is -0.918. The number of nitrogens with zero attached hydrogens (tertiary/aromatic N) is 3. The average molecular weight is 548 g/mol. The van der Waals surface area contributed by atoms with Gasteiger partial charge in [-0.25, -0.2) is 18.7 Å². The van der Waals surface area contributed by atoms with E-state index in [4.69, 9.17) is 23.2 Å². The Morgan fingerprint density at radius 3 is 2.70 bits per heavy atom. The molecule has 2 fully saturated rings. The maximum absolute atomic E-state index is 14.8. The molecule has 190 valence electrons. The van der Waals surface area contributed by atoms with Crippen molar-refractivity contribution < 1.29 is 28.3 Å². The van der Waals surface area contributed by atoms with Crippen molar-refractivity contribution in [1.82, 2.24) is 14.9 Å². The molecule has 1 spiro atoms. The van der Waals surface area contributed by atoms with Crippen LogP contribution in [0.15, 0.2) is 42.7 Å². The highest BCUT2D eigenvalue weighted by atomic mass is 35.5. The molecule has 4 heterocycles. The summed E-state index contributed by atoms with van der Waals surface area (Å²) in [6, 6.07) is 8.24. The number of carboxylic acids is 1. The van der Waals surface area contributed by atoms with Crippen LogP contribution in [0.5, 0.6) is 0 Å². The maximum atomic E-state index is 14.8. The predicted octanol–water partition coefficient (Wildman–Crippen LogP) is 3.76. The number of anilines is 2. The number of halogens is 4. The van der Waals surface area contributed by atoms with Gasteiger partial charge in [0.2, 0.25) is 5.91 Å². The molecule has 3 aromatic rings. The molecular formula is C24H17Cl2F2N5O4. The summed E-state index contributed by atoms with van der Waals surface area (Å²) < 4.78 is 29.7. The normalized spacial score (nSPS) is 27.8. The van der Waals surface area contributed by atoms with E-state index in [-0.39, 0.29) is 27.1 Å². The molecular weight excluding hydrogens is 531 g/mol. The van der Waals surface area contributed by atoms with Crippen molar-refractivity contribution in [1.29, 1.82) is 0 Å². The molecule has 0 radical (unpaired) electrons. The summed E-state index contributed by atoms with van der Waals surface area (Å²) in [5, 5.41) is 16.2. The Bertz CT molecular complexity index is 1520. The van der Waals surface area contributed by atoms with Crippen LogP contribution in [0.1, 0.15) is 12.0 Å². The van der Waals surface area contributed by atoms with Crippen molar-refractivity contribution >= 4 is 63.4 Å². The molecule has 1 aromatic heterocycles. The minimum absolute atomic E-state index is 0.0275. The number of carboxylic acid groups (broad SMARTS) is 1. The number of nitrogens with one attached hydrogen (secondary N) is 2. The Balaban J connectivity index is 1.52. The van der Waals surface area contributed by atoms with E-state index in [1.807, 2.05) is 0 Å². The van der Waals surface area contributed by atoms with Crippen LogP contribution in [0.25, 0.3) is 10.9 Å². The molecule has 2 aromatic carbocycles. The quantitative estimate of drug-likeness (QED) is 0.455. The van der Waals surface area contributed by atoms with E-state index in [9.17, 15) is 28.3 Å². The first-order valence-corrected chi connectivity index (χ1v) is 12.0. The van der Waals surface area contributed by atoms with Crippen molar-refractivity contribution in [3.63, 3.8) is 0 Å². The number of fused-ring (bicyclic) bond motifs is 5. The van der Waals surface area contributed by atoms with E-state index in [0.29, 0.717) is 10.9 Å². The molecule has 2 saturated heterocycles. The number of alkyl halides is 2. The summed E-state index contributed by atoms with van der Waals surface area (Å²) >= 11 is 12.5. The first-order valence-electron chi connectivity index (χ1n) is 11.2. The molecule has 3 aliphatic rings. The van der Waals surface area contributed by atoms with Crippen molar-refractivity contribution in [2.45, 2.75) is 23.9 Å². The van der Waals surface area contributed by atoms with Gasteiger partial charge in [0.05, 0.1) is 28.7 Å². The van der Waals surface area contributed by atoms with Crippen LogP contribution in [0, 0.1) is 11.8 Å². The smallest absolute Gasteiger partial charge is 0.310 e. The fraction of sp³-hybridized carbons (Fsp3) is 0.292. The molecule has 0 unspecified atom stereocenters. The largest absolute Gasteiger partial charge is 0.481 e. The van der Waals surface area contributed by atoms with Gasteiger partial charge in [0.15, 0.2) is 0 Å². The SMILES string of the molecule is O=C(Nc1ncnc2ccccc12)[C@H]1[C@H]2CC(F)(F)CN2[C@]2(C(=O)Nc3c(Cl)cc(Cl)cc32)[C@H]1C(=O)O. The Kier molecular flexibility index (Phi) is 5.21. The summed E-state index contributed by atoms with van der Waals surface area (Å²) in [7, 11) is 0. The van der Waals surface area contributed by atoms with Gasteiger partial charge in [-0.2, -0.15) is 0 Å². The highest BCUT2D eigenvalue weighted by Crippen LogP contribution is 2.61. The van der Waals surface area contributed by atoms with E-state index in [1.165, 1.54) is 18.5 Å². The summed E-state index contributed by atoms with van der Waals surface area (Å²) in [5.41, 5.74) is -1.48. The average Bonchev–Trinajstić information content (AvgIpc) is 3.40. The number of hydrogen-bond donors (Lipinski definition) is 3. The molecule has 37 heavy (non-hydrogen) atoms. The molecule has 9 nitrogen and oxygen atoms in total. The molecule has 0 aliphatic carbocycles. The second-order valence-electron chi connectivity index (χ2n) is 9.36. The zero-order valence-electron chi connectivity index (χ0n) is 18.7. The van der Waals surface area contributed by atoms with Gasteiger partial charge in [-0.05, 0) is 24.3 Å². The Labute approximate surface area is 217 Å². The van der Waals surface area contributed by atoms with Crippen LogP contribution in [0.2, 0.25) is 10.0 Å². The van der Waals surface area contributed by atoms with Gasteiger partial charge in [0.25, 0.3) is 11.8 Å². The van der Waals surface area contributed by atoms with E-state index >= 15 is 0 Å². The third-order valence-corrected chi connectivity index (χ3v) is 7.91. The topological polar surface area (TPSA) is 125 Å². The van der Waals surface area contributed by atoms with Crippen molar-refractivity contribution in [3.8, 4) is 0 Å². The van der Waals surface area contributed by atoms with Gasteiger partial charge in [-0.15, -0.1) is 0 Å². The number of hydrogen-bond acceptors (Lipinski definition) is 6. The van der Waals surface area contributed by atoms with Gasteiger partial charge in [0, 0.05) is 28.4 Å². The van der Waals surface area contributed by atoms with Crippen molar-refractivity contribution in [3.05, 3.63) is 58.3 Å².